The second-order valence-corrected chi connectivity index (χ2v) is 5.75. The molecule has 2 atom stereocenters. The van der Waals surface area contributed by atoms with Crippen LogP contribution in [0.3, 0.4) is 0 Å². The van der Waals surface area contributed by atoms with E-state index in [-0.39, 0.29) is 11.8 Å². The van der Waals surface area contributed by atoms with Gasteiger partial charge in [0.05, 0.1) is 5.69 Å². The second kappa shape index (κ2) is 5.69. The molecule has 108 valence electrons. The standard InChI is InChI=1S/C16H16N2O2S/c1-2-13-15(19)17-14(11-6-4-3-5-7-11)16(20)18(13)12-8-9-21-10-12/h3-10,13-14H,2H2,1H3,(H,17,19). The number of hydrogen-bond acceptors (Lipinski definition) is 3. The van der Waals surface area contributed by atoms with Crippen LogP contribution in [0.5, 0.6) is 0 Å². The molecule has 2 heterocycles. The Balaban J connectivity index is 2.00. The maximum Gasteiger partial charge on any atom is 0.254 e. The molecular formula is C16H16N2O2S. The van der Waals surface area contributed by atoms with Gasteiger partial charge in [-0.3, -0.25) is 14.5 Å². The monoisotopic (exact) mass is 300 g/mol. The lowest BCUT2D eigenvalue weighted by Gasteiger charge is -2.38. The van der Waals surface area contributed by atoms with Gasteiger partial charge in [0.1, 0.15) is 12.1 Å². The van der Waals surface area contributed by atoms with E-state index in [9.17, 15) is 9.59 Å². The van der Waals surface area contributed by atoms with Crippen LogP contribution >= 0.6 is 11.3 Å². The van der Waals surface area contributed by atoms with E-state index in [1.807, 2.05) is 54.1 Å². The molecule has 1 aromatic carbocycles. The van der Waals surface area contributed by atoms with Gasteiger partial charge in [-0.05, 0) is 23.4 Å². The van der Waals surface area contributed by atoms with E-state index in [0.717, 1.165) is 11.3 Å². The Morgan fingerprint density at radius 2 is 1.95 bits per heavy atom. The highest BCUT2D eigenvalue weighted by Gasteiger charge is 2.41. The van der Waals surface area contributed by atoms with Gasteiger partial charge in [-0.25, -0.2) is 0 Å². The molecule has 0 aliphatic carbocycles. The van der Waals surface area contributed by atoms with Crippen LogP contribution in [0.1, 0.15) is 24.9 Å². The lowest BCUT2D eigenvalue weighted by molar-refractivity contribution is -0.134. The van der Waals surface area contributed by atoms with Crippen LogP contribution in [-0.4, -0.2) is 17.9 Å². The fraction of sp³-hybridized carbons (Fsp3) is 0.250. The van der Waals surface area contributed by atoms with E-state index in [1.54, 1.807) is 4.90 Å². The number of carbonyl (C=O) groups excluding carboxylic acids is 2. The topological polar surface area (TPSA) is 49.4 Å². The SMILES string of the molecule is CCC1C(=O)NC(c2ccccc2)C(=O)N1c1ccsc1. The van der Waals surface area contributed by atoms with Crippen molar-refractivity contribution in [2.75, 3.05) is 4.90 Å². The average molecular weight is 300 g/mol. The van der Waals surface area contributed by atoms with Crippen LogP contribution in [0.25, 0.3) is 0 Å². The Kier molecular flexibility index (Phi) is 3.75. The first-order valence-electron chi connectivity index (χ1n) is 6.93. The summed E-state index contributed by atoms with van der Waals surface area (Å²) in [6.45, 7) is 1.92. The van der Waals surface area contributed by atoms with Gasteiger partial charge in [-0.2, -0.15) is 11.3 Å². The maximum absolute atomic E-state index is 12.9. The van der Waals surface area contributed by atoms with Gasteiger partial charge < -0.3 is 5.32 Å². The fourth-order valence-corrected chi connectivity index (χ4v) is 3.28. The minimum Gasteiger partial charge on any atom is -0.339 e. The summed E-state index contributed by atoms with van der Waals surface area (Å²) in [6.07, 6.45) is 0.592. The molecule has 4 nitrogen and oxygen atoms in total. The second-order valence-electron chi connectivity index (χ2n) is 4.97. The highest BCUT2D eigenvalue weighted by atomic mass is 32.1. The maximum atomic E-state index is 12.9. The molecule has 5 heteroatoms. The zero-order chi connectivity index (χ0) is 14.8. The van der Waals surface area contributed by atoms with Crippen molar-refractivity contribution in [3.05, 3.63) is 52.7 Å². The van der Waals surface area contributed by atoms with Crippen molar-refractivity contribution in [1.82, 2.24) is 5.32 Å². The van der Waals surface area contributed by atoms with E-state index >= 15 is 0 Å². The van der Waals surface area contributed by atoms with Gasteiger partial charge in [-0.15, -0.1) is 0 Å². The Bertz CT molecular complexity index is 640. The van der Waals surface area contributed by atoms with Gasteiger partial charge in [-0.1, -0.05) is 37.3 Å². The third-order valence-corrected chi connectivity index (χ3v) is 4.36. The highest BCUT2D eigenvalue weighted by molar-refractivity contribution is 7.08. The van der Waals surface area contributed by atoms with E-state index in [1.165, 1.54) is 11.3 Å². The number of piperazine rings is 1. The number of hydrogen-bond donors (Lipinski definition) is 1. The fourth-order valence-electron chi connectivity index (χ4n) is 2.65. The molecule has 2 amide bonds. The van der Waals surface area contributed by atoms with Gasteiger partial charge in [0.15, 0.2) is 0 Å². The third-order valence-electron chi connectivity index (χ3n) is 3.69. The smallest absolute Gasteiger partial charge is 0.254 e. The van der Waals surface area contributed by atoms with Crippen molar-refractivity contribution >= 4 is 28.8 Å². The Hall–Kier alpha value is -2.14. The van der Waals surface area contributed by atoms with Crippen LogP contribution in [0, 0.1) is 0 Å². The van der Waals surface area contributed by atoms with Crippen LogP contribution < -0.4 is 10.2 Å². The van der Waals surface area contributed by atoms with Crippen LogP contribution in [0.4, 0.5) is 5.69 Å². The first-order valence-corrected chi connectivity index (χ1v) is 7.87. The molecule has 1 saturated heterocycles. The van der Waals surface area contributed by atoms with Crippen molar-refractivity contribution in [3.63, 3.8) is 0 Å². The van der Waals surface area contributed by atoms with E-state index in [0.29, 0.717) is 6.42 Å². The summed E-state index contributed by atoms with van der Waals surface area (Å²) in [5.41, 5.74) is 1.61. The summed E-state index contributed by atoms with van der Waals surface area (Å²) in [7, 11) is 0. The quantitative estimate of drug-likeness (QED) is 0.947. The highest BCUT2D eigenvalue weighted by Crippen LogP contribution is 2.29. The van der Waals surface area contributed by atoms with Crippen molar-refractivity contribution in [3.8, 4) is 0 Å². The molecule has 0 spiro atoms. The molecule has 1 aliphatic rings. The first-order chi connectivity index (χ1) is 10.2. The number of nitrogens with zero attached hydrogens (tertiary/aromatic N) is 1. The summed E-state index contributed by atoms with van der Waals surface area (Å²) >= 11 is 1.52. The zero-order valence-corrected chi connectivity index (χ0v) is 12.5. The number of benzene rings is 1. The molecule has 0 radical (unpaired) electrons. The molecule has 1 N–H and O–H groups in total. The Morgan fingerprint density at radius 3 is 2.57 bits per heavy atom. The van der Waals surface area contributed by atoms with Crippen molar-refractivity contribution in [1.29, 1.82) is 0 Å². The Morgan fingerprint density at radius 1 is 1.19 bits per heavy atom. The molecule has 1 aliphatic heterocycles. The molecular weight excluding hydrogens is 284 g/mol. The number of thiophene rings is 1. The molecule has 21 heavy (non-hydrogen) atoms. The number of rotatable bonds is 3. The molecule has 3 rings (SSSR count). The third kappa shape index (κ3) is 2.45. The molecule has 2 unspecified atom stereocenters. The van der Waals surface area contributed by atoms with E-state index in [4.69, 9.17) is 0 Å². The number of nitrogens with one attached hydrogen (secondary N) is 1. The normalized spacial score (nSPS) is 22.2. The van der Waals surface area contributed by atoms with E-state index < -0.39 is 12.1 Å². The summed E-state index contributed by atoms with van der Waals surface area (Å²) in [5.74, 6) is -0.178. The van der Waals surface area contributed by atoms with Crippen molar-refractivity contribution < 1.29 is 9.59 Å². The van der Waals surface area contributed by atoms with Gasteiger partial charge in [0, 0.05) is 5.38 Å². The zero-order valence-electron chi connectivity index (χ0n) is 11.7. The Labute approximate surface area is 127 Å². The predicted molar refractivity (Wildman–Crippen MR) is 83.2 cm³/mol. The lowest BCUT2D eigenvalue weighted by atomic mass is 9.99. The van der Waals surface area contributed by atoms with Crippen LogP contribution in [0.2, 0.25) is 0 Å². The average Bonchev–Trinajstić information content (AvgIpc) is 3.03. The van der Waals surface area contributed by atoms with Crippen LogP contribution in [0.15, 0.2) is 47.2 Å². The molecule has 2 aromatic rings. The van der Waals surface area contributed by atoms with Crippen molar-refractivity contribution in [2.45, 2.75) is 25.4 Å². The summed E-state index contributed by atoms with van der Waals surface area (Å²) in [6, 6.07) is 10.2. The first kappa shape index (κ1) is 13.8. The summed E-state index contributed by atoms with van der Waals surface area (Å²) in [5, 5.41) is 6.67. The molecule has 1 aromatic heterocycles. The molecule has 0 saturated carbocycles. The summed E-state index contributed by atoms with van der Waals surface area (Å²) < 4.78 is 0. The predicted octanol–water partition coefficient (Wildman–Crippen LogP) is 2.73. The minimum atomic E-state index is -0.610. The largest absolute Gasteiger partial charge is 0.339 e. The van der Waals surface area contributed by atoms with E-state index in [2.05, 4.69) is 5.32 Å². The number of amides is 2. The van der Waals surface area contributed by atoms with Gasteiger partial charge >= 0.3 is 0 Å². The van der Waals surface area contributed by atoms with Gasteiger partial charge in [0.2, 0.25) is 5.91 Å². The minimum absolute atomic E-state index is 0.0777. The molecule has 1 fully saturated rings. The lowest BCUT2D eigenvalue weighted by Crippen LogP contribution is -2.59. The molecule has 0 bridgehead atoms. The van der Waals surface area contributed by atoms with Crippen molar-refractivity contribution in [2.24, 2.45) is 0 Å². The van der Waals surface area contributed by atoms with Gasteiger partial charge in [0.25, 0.3) is 5.91 Å². The van der Waals surface area contributed by atoms with Crippen LogP contribution in [-0.2, 0) is 9.59 Å². The number of carbonyl (C=O) groups is 2. The number of anilines is 1. The summed E-state index contributed by atoms with van der Waals surface area (Å²) in [4.78, 5) is 26.8.